The molecular formula is C16H14N2O2. The van der Waals surface area contributed by atoms with E-state index in [0.29, 0.717) is 0 Å². The fourth-order valence-electron chi connectivity index (χ4n) is 2.39. The summed E-state index contributed by atoms with van der Waals surface area (Å²) in [4.78, 5) is 18.9. The Morgan fingerprint density at radius 2 is 2.20 bits per heavy atom. The number of hydrogen-bond donors (Lipinski definition) is 1. The van der Waals surface area contributed by atoms with Crippen LogP contribution in [0.5, 0.6) is 0 Å². The second kappa shape index (κ2) is 5.17. The van der Waals surface area contributed by atoms with Crippen molar-refractivity contribution in [3.8, 4) is 11.1 Å². The first-order valence-corrected chi connectivity index (χ1v) is 6.36. The van der Waals surface area contributed by atoms with Crippen LogP contribution in [0.2, 0.25) is 0 Å². The normalized spacial score (nSPS) is 10.7. The zero-order valence-corrected chi connectivity index (χ0v) is 11.1. The molecule has 0 saturated heterocycles. The molecule has 1 aromatic carbocycles. The molecule has 0 spiro atoms. The molecule has 0 saturated carbocycles. The second-order valence-corrected chi connectivity index (χ2v) is 4.54. The number of nitrogens with zero attached hydrogens (tertiary/aromatic N) is 1. The third kappa shape index (κ3) is 2.16. The molecule has 0 amide bonds. The zero-order valence-electron chi connectivity index (χ0n) is 11.1. The lowest BCUT2D eigenvalue weighted by Crippen LogP contribution is -2.03. The summed E-state index contributed by atoms with van der Waals surface area (Å²) in [6, 6.07) is 9.94. The van der Waals surface area contributed by atoms with Crippen molar-refractivity contribution in [2.24, 2.45) is 0 Å². The molecule has 3 rings (SSSR count). The number of carbonyl (C=O) groups is 1. The van der Waals surface area contributed by atoms with Crippen molar-refractivity contribution < 1.29 is 9.53 Å². The van der Waals surface area contributed by atoms with E-state index < -0.39 is 0 Å². The predicted molar refractivity (Wildman–Crippen MR) is 77.2 cm³/mol. The van der Waals surface area contributed by atoms with Crippen molar-refractivity contribution in [3.05, 3.63) is 54.5 Å². The van der Waals surface area contributed by atoms with Crippen LogP contribution < -0.4 is 0 Å². The molecule has 0 radical (unpaired) electrons. The summed E-state index contributed by atoms with van der Waals surface area (Å²) in [5.41, 5.74) is 4.04. The van der Waals surface area contributed by atoms with Gasteiger partial charge in [-0.2, -0.15) is 0 Å². The van der Waals surface area contributed by atoms with E-state index in [2.05, 4.69) is 9.97 Å². The van der Waals surface area contributed by atoms with E-state index in [1.54, 1.807) is 6.20 Å². The van der Waals surface area contributed by atoms with E-state index in [1.165, 1.54) is 7.11 Å². The first kappa shape index (κ1) is 12.4. The molecule has 1 N–H and O–H groups in total. The number of hydrogen-bond acceptors (Lipinski definition) is 3. The first-order chi connectivity index (χ1) is 9.79. The summed E-state index contributed by atoms with van der Waals surface area (Å²) in [5, 5.41) is 1.05. The van der Waals surface area contributed by atoms with E-state index >= 15 is 0 Å². The Morgan fingerprint density at radius 1 is 1.30 bits per heavy atom. The fourth-order valence-corrected chi connectivity index (χ4v) is 2.39. The van der Waals surface area contributed by atoms with Crippen LogP contribution in [-0.2, 0) is 16.0 Å². The van der Waals surface area contributed by atoms with Crippen molar-refractivity contribution in [1.29, 1.82) is 0 Å². The topological polar surface area (TPSA) is 55.0 Å². The number of H-pyrrole nitrogens is 1. The Morgan fingerprint density at radius 3 is 2.95 bits per heavy atom. The quantitative estimate of drug-likeness (QED) is 0.741. The van der Waals surface area contributed by atoms with Crippen molar-refractivity contribution in [2.45, 2.75) is 6.42 Å². The minimum absolute atomic E-state index is 0.244. The highest BCUT2D eigenvalue weighted by Gasteiger charge is 2.13. The van der Waals surface area contributed by atoms with Gasteiger partial charge in [-0.3, -0.25) is 9.78 Å². The highest BCUT2D eigenvalue weighted by molar-refractivity contribution is 5.99. The number of aromatic amines is 1. The summed E-state index contributed by atoms with van der Waals surface area (Å²) in [6.07, 6.45) is 5.69. The van der Waals surface area contributed by atoms with Gasteiger partial charge in [-0.1, -0.05) is 18.2 Å². The molecular weight excluding hydrogens is 252 g/mol. The van der Waals surface area contributed by atoms with Gasteiger partial charge in [0.05, 0.1) is 13.5 Å². The van der Waals surface area contributed by atoms with Crippen LogP contribution in [-0.4, -0.2) is 23.0 Å². The van der Waals surface area contributed by atoms with Crippen LogP contribution in [0.4, 0.5) is 0 Å². The van der Waals surface area contributed by atoms with Gasteiger partial charge >= 0.3 is 5.97 Å². The Hall–Kier alpha value is -2.62. The number of rotatable bonds is 3. The molecule has 0 fully saturated rings. The molecule has 2 heterocycles. The molecule has 0 aliphatic carbocycles. The van der Waals surface area contributed by atoms with Crippen LogP contribution in [0.3, 0.4) is 0 Å². The van der Waals surface area contributed by atoms with Crippen LogP contribution in [0, 0.1) is 0 Å². The van der Waals surface area contributed by atoms with Crippen LogP contribution in [0.15, 0.2) is 48.9 Å². The Balaban J connectivity index is 2.17. The molecule has 4 nitrogen and oxygen atoms in total. The summed E-state index contributed by atoms with van der Waals surface area (Å²) in [6.45, 7) is 0. The summed E-state index contributed by atoms with van der Waals surface area (Å²) in [5.74, 6) is -0.244. The SMILES string of the molecule is COC(=O)Cc1c[nH]c2cccc(-c3cccnc3)c12. The van der Waals surface area contributed by atoms with Gasteiger partial charge in [-0.25, -0.2) is 0 Å². The number of fused-ring (bicyclic) bond motifs is 1. The van der Waals surface area contributed by atoms with E-state index in [0.717, 1.165) is 27.6 Å². The smallest absolute Gasteiger partial charge is 0.310 e. The molecule has 100 valence electrons. The summed E-state index contributed by atoms with van der Waals surface area (Å²) < 4.78 is 4.75. The molecule has 0 unspecified atom stereocenters. The van der Waals surface area contributed by atoms with Gasteiger partial charge in [0.1, 0.15) is 0 Å². The number of carbonyl (C=O) groups excluding carboxylic acids is 1. The number of ether oxygens (including phenoxy) is 1. The lowest BCUT2D eigenvalue weighted by molar-refractivity contribution is -0.139. The molecule has 20 heavy (non-hydrogen) atoms. The maximum Gasteiger partial charge on any atom is 0.310 e. The van der Waals surface area contributed by atoms with Gasteiger partial charge in [0.15, 0.2) is 0 Å². The van der Waals surface area contributed by atoms with Crippen molar-refractivity contribution >= 4 is 16.9 Å². The van der Waals surface area contributed by atoms with Gasteiger partial charge in [0, 0.05) is 35.1 Å². The number of aromatic nitrogens is 2. The monoisotopic (exact) mass is 266 g/mol. The molecule has 0 atom stereocenters. The number of pyridine rings is 1. The summed E-state index contributed by atoms with van der Waals surface area (Å²) in [7, 11) is 1.40. The first-order valence-electron chi connectivity index (χ1n) is 6.36. The number of benzene rings is 1. The van der Waals surface area contributed by atoms with Gasteiger partial charge < -0.3 is 9.72 Å². The van der Waals surface area contributed by atoms with Gasteiger partial charge in [0.25, 0.3) is 0 Å². The van der Waals surface area contributed by atoms with E-state index in [-0.39, 0.29) is 12.4 Å². The van der Waals surface area contributed by atoms with Crippen LogP contribution in [0.1, 0.15) is 5.56 Å². The molecule has 0 aliphatic rings. The van der Waals surface area contributed by atoms with E-state index in [9.17, 15) is 4.79 Å². The second-order valence-electron chi connectivity index (χ2n) is 4.54. The predicted octanol–water partition coefficient (Wildman–Crippen LogP) is 2.95. The molecule has 2 aromatic heterocycles. The number of nitrogens with one attached hydrogen (secondary N) is 1. The van der Waals surface area contributed by atoms with Crippen molar-refractivity contribution in [3.63, 3.8) is 0 Å². The third-order valence-corrected chi connectivity index (χ3v) is 3.32. The minimum atomic E-state index is -0.244. The van der Waals surface area contributed by atoms with Gasteiger partial charge in [-0.15, -0.1) is 0 Å². The molecule has 4 heteroatoms. The third-order valence-electron chi connectivity index (χ3n) is 3.32. The van der Waals surface area contributed by atoms with Crippen LogP contribution in [0.25, 0.3) is 22.0 Å². The maximum atomic E-state index is 11.5. The van der Waals surface area contributed by atoms with Crippen molar-refractivity contribution in [1.82, 2.24) is 9.97 Å². The average molecular weight is 266 g/mol. The molecule has 0 bridgehead atoms. The maximum absolute atomic E-state index is 11.5. The lowest BCUT2D eigenvalue weighted by atomic mass is 9.99. The average Bonchev–Trinajstić information content (AvgIpc) is 2.91. The standard InChI is InChI=1S/C16H14N2O2/c1-20-15(19)8-12-10-18-14-6-2-5-13(16(12)14)11-4-3-7-17-9-11/h2-7,9-10,18H,8H2,1H3. The van der Waals surface area contributed by atoms with Crippen molar-refractivity contribution in [2.75, 3.05) is 7.11 Å². The largest absolute Gasteiger partial charge is 0.469 e. The highest BCUT2D eigenvalue weighted by atomic mass is 16.5. The van der Waals surface area contributed by atoms with Gasteiger partial charge in [-0.05, 0) is 23.3 Å². The Labute approximate surface area is 116 Å². The Bertz CT molecular complexity index is 748. The number of methoxy groups -OCH3 is 1. The molecule has 0 aliphatic heterocycles. The molecule has 3 aromatic rings. The minimum Gasteiger partial charge on any atom is -0.469 e. The Kier molecular flexibility index (Phi) is 3.21. The van der Waals surface area contributed by atoms with Crippen LogP contribution >= 0.6 is 0 Å². The zero-order chi connectivity index (χ0) is 13.9. The van der Waals surface area contributed by atoms with E-state index in [4.69, 9.17) is 4.74 Å². The fraction of sp³-hybridized carbons (Fsp3) is 0.125. The summed E-state index contributed by atoms with van der Waals surface area (Å²) >= 11 is 0. The number of esters is 1. The lowest BCUT2D eigenvalue weighted by Gasteiger charge is -2.05. The highest BCUT2D eigenvalue weighted by Crippen LogP contribution is 2.30. The van der Waals surface area contributed by atoms with Gasteiger partial charge in [0.2, 0.25) is 0 Å². The van der Waals surface area contributed by atoms with E-state index in [1.807, 2.05) is 42.7 Å².